The lowest BCUT2D eigenvalue weighted by Gasteiger charge is -2.26. The fourth-order valence-corrected chi connectivity index (χ4v) is 2.46. The van der Waals surface area contributed by atoms with E-state index in [1.165, 1.54) is 25.0 Å². The Hall–Kier alpha value is -1.16. The van der Waals surface area contributed by atoms with Crippen molar-refractivity contribution in [1.82, 2.24) is 5.32 Å². The molecule has 0 amide bonds. The number of nitrogens with one attached hydrogen (secondary N) is 1. The lowest BCUT2D eigenvalue weighted by molar-refractivity contribution is 0.356. The van der Waals surface area contributed by atoms with Gasteiger partial charge >= 0.3 is 0 Å². The van der Waals surface area contributed by atoms with Crippen molar-refractivity contribution in [2.75, 3.05) is 31.6 Å². The molecular weight excluding hydrogens is 234 g/mol. The molecule has 1 saturated heterocycles. The van der Waals surface area contributed by atoms with Crippen LogP contribution in [-0.2, 0) is 0 Å². The highest BCUT2D eigenvalue weighted by Gasteiger charge is 2.15. The van der Waals surface area contributed by atoms with Crippen LogP contribution in [0.2, 0.25) is 0 Å². The predicted octanol–water partition coefficient (Wildman–Crippen LogP) is 2.79. The zero-order valence-corrected chi connectivity index (χ0v) is 10.8. The first-order chi connectivity index (χ1) is 8.66. The molecule has 0 unspecified atom stereocenters. The van der Waals surface area contributed by atoms with Crippen LogP contribution in [0.25, 0.3) is 0 Å². The second-order valence-corrected chi connectivity index (χ2v) is 5.00. The minimum atomic E-state index is -0.525. The van der Waals surface area contributed by atoms with Crippen LogP contribution in [0.15, 0.2) is 18.2 Å². The number of hydrogen-bond acceptors (Lipinski definition) is 2. The van der Waals surface area contributed by atoms with Gasteiger partial charge in [-0.3, -0.25) is 0 Å². The minimum absolute atomic E-state index is 0.477. The summed E-state index contributed by atoms with van der Waals surface area (Å²) in [7, 11) is 1.86. The first-order valence-electron chi connectivity index (χ1n) is 6.53. The highest BCUT2D eigenvalue weighted by molar-refractivity contribution is 5.46. The van der Waals surface area contributed by atoms with E-state index in [1.807, 2.05) is 11.9 Å². The first-order valence-corrected chi connectivity index (χ1v) is 6.53. The van der Waals surface area contributed by atoms with Crippen molar-refractivity contribution in [3.05, 3.63) is 29.8 Å². The SMILES string of the molecule is CN(CCC1CCNCC1)c1ccc(F)cc1F. The van der Waals surface area contributed by atoms with Gasteiger partial charge < -0.3 is 10.2 Å². The molecule has 1 aromatic rings. The van der Waals surface area contributed by atoms with Crippen molar-refractivity contribution in [3.63, 3.8) is 0 Å². The van der Waals surface area contributed by atoms with Gasteiger partial charge in [0, 0.05) is 19.7 Å². The molecule has 0 atom stereocenters. The number of rotatable bonds is 4. The molecule has 100 valence electrons. The molecule has 1 aliphatic heterocycles. The molecule has 1 aromatic carbocycles. The summed E-state index contributed by atoms with van der Waals surface area (Å²) in [5.74, 6) is -0.289. The Labute approximate surface area is 107 Å². The standard InChI is InChI=1S/C14H20F2N2/c1-18(9-6-11-4-7-17-8-5-11)14-3-2-12(15)10-13(14)16/h2-3,10-11,17H,4-9H2,1H3. The van der Waals surface area contributed by atoms with E-state index in [2.05, 4.69) is 5.32 Å². The van der Waals surface area contributed by atoms with Gasteiger partial charge in [0.15, 0.2) is 0 Å². The Balaban J connectivity index is 1.88. The quantitative estimate of drug-likeness (QED) is 0.889. The van der Waals surface area contributed by atoms with Gasteiger partial charge in [0.2, 0.25) is 0 Å². The largest absolute Gasteiger partial charge is 0.372 e. The molecule has 1 N–H and O–H groups in total. The van der Waals surface area contributed by atoms with Gasteiger partial charge in [-0.25, -0.2) is 8.78 Å². The zero-order valence-electron chi connectivity index (χ0n) is 10.8. The molecule has 0 aromatic heterocycles. The van der Waals surface area contributed by atoms with Crippen molar-refractivity contribution in [2.45, 2.75) is 19.3 Å². The molecule has 18 heavy (non-hydrogen) atoms. The van der Waals surface area contributed by atoms with Crippen LogP contribution in [-0.4, -0.2) is 26.7 Å². The summed E-state index contributed by atoms with van der Waals surface area (Å²) in [4.78, 5) is 1.87. The summed E-state index contributed by atoms with van der Waals surface area (Å²) < 4.78 is 26.4. The Morgan fingerprint density at radius 1 is 1.28 bits per heavy atom. The maximum atomic E-state index is 13.6. The van der Waals surface area contributed by atoms with Gasteiger partial charge in [0.05, 0.1) is 5.69 Å². The van der Waals surface area contributed by atoms with Gasteiger partial charge in [-0.2, -0.15) is 0 Å². The highest BCUT2D eigenvalue weighted by atomic mass is 19.1. The third kappa shape index (κ3) is 3.42. The highest BCUT2D eigenvalue weighted by Crippen LogP contribution is 2.21. The van der Waals surface area contributed by atoms with Crippen LogP contribution in [0, 0.1) is 17.6 Å². The van der Waals surface area contributed by atoms with E-state index in [0.717, 1.165) is 38.0 Å². The van der Waals surface area contributed by atoms with Gasteiger partial charge in [0.25, 0.3) is 0 Å². The number of halogens is 2. The van der Waals surface area contributed by atoms with Crippen molar-refractivity contribution < 1.29 is 8.78 Å². The lowest BCUT2D eigenvalue weighted by atomic mass is 9.94. The van der Waals surface area contributed by atoms with E-state index in [-0.39, 0.29) is 0 Å². The molecule has 0 bridgehead atoms. The summed E-state index contributed by atoms with van der Waals surface area (Å²) in [5.41, 5.74) is 0.477. The summed E-state index contributed by atoms with van der Waals surface area (Å²) in [6, 6.07) is 3.75. The predicted molar refractivity (Wildman–Crippen MR) is 69.8 cm³/mol. The average Bonchev–Trinajstić information content (AvgIpc) is 2.37. The Morgan fingerprint density at radius 3 is 2.67 bits per heavy atom. The summed E-state index contributed by atoms with van der Waals surface area (Å²) >= 11 is 0. The molecule has 0 spiro atoms. The number of benzene rings is 1. The lowest BCUT2D eigenvalue weighted by Crippen LogP contribution is -2.30. The summed E-state index contributed by atoms with van der Waals surface area (Å²) in [5, 5.41) is 3.33. The maximum Gasteiger partial charge on any atom is 0.149 e. The third-order valence-electron chi connectivity index (χ3n) is 3.65. The van der Waals surface area contributed by atoms with Crippen LogP contribution < -0.4 is 10.2 Å². The fourth-order valence-electron chi connectivity index (χ4n) is 2.46. The third-order valence-corrected chi connectivity index (χ3v) is 3.65. The second-order valence-electron chi connectivity index (χ2n) is 5.00. The normalized spacial score (nSPS) is 16.8. The summed E-state index contributed by atoms with van der Waals surface area (Å²) in [6.45, 7) is 2.98. The fraction of sp³-hybridized carbons (Fsp3) is 0.571. The number of nitrogens with zero attached hydrogens (tertiary/aromatic N) is 1. The van der Waals surface area contributed by atoms with Gasteiger partial charge in [0.1, 0.15) is 11.6 Å². The molecule has 2 nitrogen and oxygen atoms in total. The second kappa shape index (κ2) is 6.14. The molecule has 4 heteroatoms. The van der Waals surface area contributed by atoms with E-state index in [1.54, 1.807) is 0 Å². The summed E-state index contributed by atoms with van der Waals surface area (Å²) in [6.07, 6.45) is 3.45. The van der Waals surface area contributed by atoms with E-state index >= 15 is 0 Å². The van der Waals surface area contributed by atoms with Gasteiger partial charge in [-0.15, -0.1) is 0 Å². The Bertz CT molecular complexity index is 389. The first kappa shape index (κ1) is 13.3. The van der Waals surface area contributed by atoms with Crippen LogP contribution in [0.5, 0.6) is 0 Å². The van der Waals surface area contributed by atoms with E-state index < -0.39 is 11.6 Å². The molecule has 0 aliphatic carbocycles. The molecular formula is C14H20F2N2. The number of piperidine rings is 1. The zero-order chi connectivity index (χ0) is 13.0. The Kier molecular flexibility index (Phi) is 4.53. The molecule has 1 heterocycles. The van der Waals surface area contributed by atoms with Crippen LogP contribution in [0.1, 0.15) is 19.3 Å². The van der Waals surface area contributed by atoms with Crippen LogP contribution >= 0.6 is 0 Å². The molecule has 2 rings (SSSR count). The minimum Gasteiger partial charge on any atom is -0.372 e. The Morgan fingerprint density at radius 2 is 2.00 bits per heavy atom. The van der Waals surface area contributed by atoms with E-state index in [4.69, 9.17) is 0 Å². The number of anilines is 1. The smallest absolute Gasteiger partial charge is 0.149 e. The van der Waals surface area contributed by atoms with Crippen LogP contribution in [0.3, 0.4) is 0 Å². The van der Waals surface area contributed by atoms with Crippen LogP contribution in [0.4, 0.5) is 14.5 Å². The molecule has 0 radical (unpaired) electrons. The topological polar surface area (TPSA) is 15.3 Å². The van der Waals surface area contributed by atoms with E-state index in [0.29, 0.717) is 5.69 Å². The van der Waals surface area contributed by atoms with Gasteiger partial charge in [-0.1, -0.05) is 0 Å². The molecule has 0 saturated carbocycles. The van der Waals surface area contributed by atoms with Crippen molar-refractivity contribution >= 4 is 5.69 Å². The van der Waals surface area contributed by atoms with Gasteiger partial charge in [-0.05, 0) is 50.4 Å². The van der Waals surface area contributed by atoms with E-state index in [9.17, 15) is 8.78 Å². The van der Waals surface area contributed by atoms with Crippen molar-refractivity contribution in [1.29, 1.82) is 0 Å². The van der Waals surface area contributed by atoms with Crippen molar-refractivity contribution in [2.24, 2.45) is 5.92 Å². The number of hydrogen-bond donors (Lipinski definition) is 1. The monoisotopic (exact) mass is 254 g/mol. The molecule has 1 aliphatic rings. The molecule has 1 fully saturated rings. The maximum absolute atomic E-state index is 13.6. The van der Waals surface area contributed by atoms with Crippen molar-refractivity contribution in [3.8, 4) is 0 Å². The average molecular weight is 254 g/mol.